The first-order valence-corrected chi connectivity index (χ1v) is 10.5. The van der Waals surface area contributed by atoms with Crippen LogP contribution in [0.4, 0.5) is 16.2 Å². The summed E-state index contributed by atoms with van der Waals surface area (Å²) in [5.74, 6) is 1.59. The minimum Gasteiger partial charge on any atom is -0.497 e. The molecular formula is C23H22FN7O2. The van der Waals surface area contributed by atoms with E-state index in [1.807, 2.05) is 11.0 Å². The molecule has 0 unspecified atom stereocenters. The van der Waals surface area contributed by atoms with Crippen molar-refractivity contribution in [1.29, 1.82) is 0 Å². The number of hydrogen-bond acceptors (Lipinski definition) is 7. The largest absolute Gasteiger partial charge is 0.497 e. The van der Waals surface area contributed by atoms with Crippen LogP contribution in [0, 0.1) is 5.82 Å². The minimum atomic E-state index is -0.319. The highest BCUT2D eigenvalue weighted by atomic mass is 19.1. The van der Waals surface area contributed by atoms with Crippen molar-refractivity contribution in [2.75, 3.05) is 43.9 Å². The zero-order valence-electron chi connectivity index (χ0n) is 18.0. The Kier molecular flexibility index (Phi) is 5.25. The van der Waals surface area contributed by atoms with Crippen molar-refractivity contribution in [2.45, 2.75) is 0 Å². The quantitative estimate of drug-likeness (QED) is 0.494. The Morgan fingerprint density at radius 2 is 1.82 bits per heavy atom. The number of hydrogen-bond donors (Lipinski definition) is 2. The molecule has 0 radical (unpaired) electrons. The topological polar surface area (TPSA) is 113 Å². The number of piperazine rings is 1. The van der Waals surface area contributed by atoms with Crippen LogP contribution in [0.25, 0.3) is 22.6 Å². The first kappa shape index (κ1) is 20.7. The number of ether oxygens (including phenoxy) is 1. The lowest BCUT2D eigenvalue weighted by molar-refractivity contribution is 0.0746. The van der Waals surface area contributed by atoms with Crippen LogP contribution < -0.4 is 15.4 Å². The number of halogens is 1. The molecule has 1 aliphatic rings. The number of anilines is 2. The number of nitrogens with two attached hydrogens (primary N) is 1. The molecule has 0 aliphatic carbocycles. The molecule has 0 atom stereocenters. The second-order valence-electron chi connectivity index (χ2n) is 7.71. The molecule has 4 aromatic rings. The number of benzene rings is 2. The van der Waals surface area contributed by atoms with Crippen molar-refractivity contribution in [1.82, 2.24) is 24.8 Å². The number of amides is 1. The Hall–Kier alpha value is -4.21. The van der Waals surface area contributed by atoms with Gasteiger partial charge in [-0.1, -0.05) is 6.07 Å². The number of nitrogens with zero attached hydrogens (tertiary/aromatic N) is 5. The third-order valence-corrected chi connectivity index (χ3v) is 5.65. The summed E-state index contributed by atoms with van der Waals surface area (Å²) in [7, 11) is 1.58. The molecule has 2 aromatic heterocycles. The van der Waals surface area contributed by atoms with E-state index < -0.39 is 0 Å². The van der Waals surface area contributed by atoms with E-state index in [0.29, 0.717) is 60.3 Å². The van der Waals surface area contributed by atoms with Crippen LogP contribution >= 0.6 is 0 Å². The van der Waals surface area contributed by atoms with E-state index in [0.717, 1.165) is 5.56 Å². The predicted molar refractivity (Wildman–Crippen MR) is 123 cm³/mol. The third-order valence-electron chi connectivity index (χ3n) is 5.65. The van der Waals surface area contributed by atoms with Gasteiger partial charge in [-0.25, -0.2) is 9.37 Å². The SMILES string of the molecule is COc1cccc(C(=O)N2CCN(c3nc(N)nc4nc(-c5ccc(F)cc5)[nH]c34)CC2)c1. The Morgan fingerprint density at radius 3 is 2.55 bits per heavy atom. The molecule has 3 heterocycles. The zero-order chi connectivity index (χ0) is 22.9. The van der Waals surface area contributed by atoms with E-state index in [4.69, 9.17) is 10.5 Å². The van der Waals surface area contributed by atoms with Crippen LogP contribution in [0.1, 0.15) is 10.4 Å². The van der Waals surface area contributed by atoms with Gasteiger partial charge in [0.25, 0.3) is 5.91 Å². The van der Waals surface area contributed by atoms with Gasteiger partial charge in [0.2, 0.25) is 5.95 Å². The van der Waals surface area contributed by atoms with Crippen molar-refractivity contribution >= 4 is 28.8 Å². The lowest BCUT2D eigenvalue weighted by Crippen LogP contribution is -2.49. The Balaban J connectivity index is 1.37. The van der Waals surface area contributed by atoms with Gasteiger partial charge in [0.15, 0.2) is 11.5 Å². The van der Waals surface area contributed by atoms with Gasteiger partial charge in [-0.05, 0) is 42.5 Å². The molecule has 3 N–H and O–H groups in total. The van der Waals surface area contributed by atoms with E-state index in [-0.39, 0.29) is 17.7 Å². The number of carbonyl (C=O) groups is 1. The second-order valence-corrected chi connectivity index (χ2v) is 7.71. The molecule has 9 nitrogen and oxygen atoms in total. The Labute approximate surface area is 189 Å². The maximum absolute atomic E-state index is 13.3. The smallest absolute Gasteiger partial charge is 0.254 e. The summed E-state index contributed by atoms with van der Waals surface area (Å²) in [6, 6.07) is 13.2. The summed E-state index contributed by atoms with van der Waals surface area (Å²) >= 11 is 0. The summed E-state index contributed by atoms with van der Waals surface area (Å²) in [5, 5.41) is 0. The van der Waals surface area contributed by atoms with Crippen molar-refractivity contribution in [2.24, 2.45) is 0 Å². The van der Waals surface area contributed by atoms with Crippen molar-refractivity contribution < 1.29 is 13.9 Å². The van der Waals surface area contributed by atoms with Crippen LogP contribution in [0.3, 0.4) is 0 Å². The maximum Gasteiger partial charge on any atom is 0.254 e. The molecular weight excluding hydrogens is 425 g/mol. The highest BCUT2D eigenvalue weighted by Gasteiger charge is 2.25. The van der Waals surface area contributed by atoms with Crippen LogP contribution in [0.15, 0.2) is 48.5 Å². The Morgan fingerprint density at radius 1 is 1.06 bits per heavy atom. The Bertz CT molecular complexity index is 1310. The molecule has 33 heavy (non-hydrogen) atoms. The molecule has 2 aromatic carbocycles. The number of imidazole rings is 1. The normalized spacial score (nSPS) is 14.0. The van der Waals surface area contributed by atoms with E-state index in [2.05, 4.69) is 24.8 Å². The van der Waals surface area contributed by atoms with Gasteiger partial charge in [0.05, 0.1) is 7.11 Å². The van der Waals surface area contributed by atoms with Crippen molar-refractivity contribution in [3.05, 3.63) is 59.9 Å². The third kappa shape index (κ3) is 4.02. The molecule has 168 valence electrons. The summed E-state index contributed by atoms with van der Waals surface area (Å²) in [6.45, 7) is 2.21. The molecule has 1 fully saturated rings. The van der Waals surface area contributed by atoms with Gasteiger partial charge in [0, 0.05) is 37.3 Å². The van der Waals surface area contributed by atoms with Gasteiger partial charge in [0.1, 0.15) is 22.9 Å². The number of aromatic nitrogens is 4. The summed E-state index contributed by atoms with van der Waals surface area (Å²) in [4.78, 5) is 33.2. The number of fused-ring (bicyclic) bond motifs is 1. The predicted octanol–water partition coefficient (Wildman–Crippen LogP) is 2.71. The number of nitrogen functional groups attached to an aromatic ring is 1. The zero-order valence-corrected chi connectivity index (χ0v) is 18.0. The highest BCUT2D eigenvalue weighted by molar-refractivity contribution is 5.95. The molecule has 1 aliphatic heterocycles. The van der Waals surface area contributed by atoms with Crippen LogP contribution in [-0.4, -0.2) is 64.0 Å². The average molecular weight is 447 g/mol. The molecule has 0 bridgehead atoms. The fourth-order valence-corrected chi connectivity index (χ4v) is 3.93. The molecule has 5 rings (SSSR count). The van der Waals surface area contributed by atoms with Gasteiger partial charge < -0.3 is 25.3 Å². The van der Waals surface area contributed by atoms with E-state index in [9.17, 15) is 9.18 Å². The number of carbonyl (C=O) groups excluding carboxylic acids is 1. The second kappa shape index (κ2) is 8.38. The van der Waals surface area contributed by atoms with Crippen molar-refractivity contribution in [3.63, 3.8) is 0 Å². The lowest BCUT2D eigenvalue weighted by atomic mass is 10.1. The van der Waals surface area contributed by atoms with Gasteiger partial charge >= 0.3 is 0 Å². The van der Waals surface area contributed by atoms with E-state index in [1.165, 1.54) is 12.1 Å². The fraction of sp³-hybridized carbons (Fsp3) is 0.217. The molecule has 0 spiro atoms. The lowest BCUT2D eigenvalue weighted by Gasteiger charge is -2.35. The van der Waals surface area contributed by atoms with Crippen molar-refractivity contribution in [3.8, 4) is 17.1 Å². The molecule has 1 amide bonds. The molecule has 1 saturated heterocycles. The summed E-state index contributed by atoms with van der Waals surface area (Å²) < 4.78 is 18.5. The number of aromatic amines is 1. The monoisotopic (exact) mass is 447 g/mol. The average Bonchev–Trinajstić information content (AvgIpc) is 3.27. The molecule has 0 saturated carbocycles. The van der Waals surface area contributed by atoms with Crippen LogP contribution in [0.2, 0.25) is 0 Å². The number of rotatable bonds is 4. The maximum atomic E-state index is 13.3. The van der Waals surface area contributed by atoms with Crippen LogP contribution in [0.5, 0.6) is 5.75 Å². The van der Waals surface area contributed by atoms with E-state index >= 15 is 0 Å². The van der Waals surface area contributed by atoms with Crippen LogP contribution in [-0.2, 0) is 0 Å². The van der Waals surface area contributed by atoms with E-state index in [1.54, 1.807) is 37.4 Å². The summed E-state index contributed by atoms with van der Waals surface area (Å²) in [5.41, 5.74) is 8.36. The number of H-pyrrole nitrogens is 1. The highest BCUT2D eigenvalue weighted by Crippen LogP contribution is 2.28. The van der Waals surface area contributed by atoms with Gasteiger partial charge in [-0.3, -0.25) is 4.79 Å². The number of nitrogens with one attached hydrogen (secondary N) is 1. The first-order valence-electron chi connectivity index (χ1n) is 10.5. The fourth-order valence-electron chi connectivity index (χ4n) is 3.93. The van der Waals surface area contributed by atoms with Gasteiger partial charge in [-0.2, -0.15) is 9.97 Å². The van der Waals surface area contributed by atoms with Gasteiger partial charge in [-0.15, -0.1) is 0 Å². The summed E-state index contributed by atoms with van der Waals surface area (Å²) in [6.07, 6.45) is 0. The minimum absolute atomic E-state index is 0.0407. The number of methoxy groups -OCH3 is 1. The first-order chi connectivity index (χ1) is 16.0. The standard InChI is InChI=1S/C23H22FN7O2/c1-33-17-4-2-3-15(13-17)22(32)31-11-9-30(10-12-31)21-18-20(28-23(25)29-21)27-19(26-18)14-5-7-16(24)8-6-14/h2-8,13H,9-12H2,1H3,(H3,25,26,27,28,29). The molecule has 10 heteroatoms.